The van der Waals surface area contributed by atoms with Crippen molar-refractivity contribution < 1.29 is 0 Å². The second-order valence-corrected chi connectivity index (χ2v) is 4.67. The number of hydrogen-bond donors (Lipinski definition) is 0. The molecule has 0 saturated carbocycles. The second-order valence-electron chi connectivity index (χ2n) is 3.32. The number of hydrogen-bond acceptors (Lipinski definition) is 2. The molecular formula is C11H9NS. The molecule has 2 heterocycles. The third-order valence-corrected chi connectivity index (χ3v) is 3.76. The van der Waals surface area contributed by atoms with Crippen LogP contribution in [0, 0.1) is 0 Å². The van der Waals surface area contributed by atoms with Crippen LogP contribution in [0.1, 0.15) is 17.7 Å². The van der Waals surface area contributed by atoms with Gasteiger partial charge >= 0.3 is 0 Å². The van der Waals surface area contributed by atoms with Gasteiger partial charge in [-0.25, -0.2) is 0 Å². The zero-order valence-corrected chi connectivity index (χ0v) is 8.14. The van der Waals surface area contributed by atoms with E-state index in [1.165, 1.54) is 21.4 Å². The van der Waals surface area contributed by atoms with Crippen molar-refractivity contribution in [3.8, 4) is 0 Å². The van der Waals surface area contributed by atoms with E-state index < -0.39 is 0 Å². The Labute approximate surface area is 81.2 Å². The summed E-state index contributed by atoms with van der Waals surface area (Å²) in [5.41, 5.74) is 2.62. The molecule has 2 heteroatoms. The van der Waals surface area contributed by atoms with Crippen LogP contribution in [0.25, 0.3) is 10.9 Å². The SMILES string of the molecule is CC1Sc2c1ccc1cccnc21. The lowest BCUT2D eigenvalue weighted by molar-refractivity contribution is 1.00. The summed E-state index contributed by atoms with van der Waals surface area (Å²) < 4.78 is 0. The Kier molecular flexibility index (Phi) is 1.41. The van der Waals surface area contributed by atoms with Crippen molar-refractivity contribution >= 4 is 22.7 Å². The summed E-state index contributed by atoms with van der Waals surface area (Å²) in [6.07, 6.45) is 1.87. The van der Waals surface area contributed by atoms with Gasteiger partial charge in [0.25, 0.3) is 0 Å². The van der Waals surface area contributed by atoms with Gasteiger partial charge in [0.2, 0.25) is 0 Å². The van der Waals surface area contributed by atoms with Gasteiger partial charge in [-0.1, -0.05) is 18.2 Å². The second kappa shape index (κ2) is 2.48. The lowest BCUT2D eigenvalue weighted by atomic mass is 10.1. The molecule has 3 rings (SSSR count). The summed E-state index contributed by atoms with van der Waals surface area (Å²) in [6, 6.07) is 8.49. The van der Waals surface area contributed by atoms with E-state index in [1.54, 1.807) is 0 Å². The Hall–Kier alpha value is -1.02. The minimum atomic E-state index is 0.654. The van der Waals surface area contributed by atoms with Crippen molar-refractivity contribution in [1.82, 2.24) is 4.98 Å². The van der Waals surface area contributed by atoms with Gasteiger partial charge in [-0.05, 0) is 18.6 Å². The summed E-state index contributed by atoms with van der Waals surface area (Å²) in [5, 5.41) is 1.90. The first-order chi connectivity index (χ1) is 6.36. The molecule has 13 heavy (non-hydrogen) atoms. The maximum atomic E-state index is 4.41. The smallest absolute Gasteiger partial charge is 0.0841 e. The summed E-state index contributed by atoms with van der Waals surface area (Å²) in [7, 11) is 0. The number of pyridine rings is 1. The predicted octanol–water partition coefficient (Wildman–Crippen LogP) is 3.40. The molecule has 1 aliphatic heterocycles. The largest absolute Gasteiger partial charge is 0.255 e. The Morgan fingerprint density at radius 1 is 1.31 bits per heavy atom. The molecule has 0 aliphatic carbocycles. The van der Waals surface area contributed by atoms with E-state index in [-0.39, 0.29) is 0 Å². The first-order valence-corrected chi connectivity index (χ1v) is 5.28. The summed E-state index contributed by atoms with van der Waals surface area (Å²) in [6.45, 7) is 2.24. The fourth-order valence-electron chi connectivity index (χ4n) is 1.76. The van der Waals surface area contributed by atoms with Crippen LogP contribution in [0.15, 0.2) is 35.4 Å². The zero-order valence-electron chi connectivity index (χ0n) is 7.32. The molecule has 1 atom stereocenters. The molecule has 0 N–H and O–H groups in total. The monoisotopic (exact) mass is 187 g/mol. The highest BCUT2D eigenvalue weighted by molar-refractivity contribution is 8.01. The van der Waals surface area contributed by atoms with Crippen LogP contribution in [-0.4, -0.2) is 4.98 Å². The molecule has 0 fully saturated rings. The van der Waals surface area contributed by atoms with Gasteiger partial charge in [0.05, 0.1) is 5.52 Å². The zero-order chi connectivity index (χ0) is 8.84. The Morgan fingerprint density at radius 2 is 2.23 bits per heavy atom. The topological polar surface area (TPSA) is 12.9 Å². The molecular weight excluding hydrogens is 178 g/mol. The van der Waals surface area contributed by atoms with Crippen molar-refractivity contribution in [2.75, 3.05) is 0 Å². The fourth-order valence-corrected chi connectivity index (χ4v) is 2.91. The van der Waals surface area contributed by atoms with Crippen LogP contribution in [0.5, 0.6) is 0 Å². The minimum Gasteiger partial charge on any atom is -0.255 e. The highest BCUT2D eigenvalue weighted by Crippen LogP contribution is 2.51. The van der Waals surface area contributed by atoms with E-state index in [0.717, 1.165) is 0 Å². The number of thioether (sulfide) groups is 1. The molecule has 64 valence electrons. The lowest BCUT2D eigenvalue weighted by Crippen LogP contribution is -2.03. The van der Waals surface area contributed by atoms with Crippen LogP contribution >= 0.6 is 11.8 Å². The quantitative estimate of drug-likeness (QED) is 0.627. The number of nitrogens with zero attached hydrogens (tertiary/aromatic N) is 1. The fraction of sp³-hybridized carbons (Fsp3) is 0.182. The molecule has 2 aromatic rings. The van der Waals surface area contributed by atoms with Gasteiger partial charge < -0.3 is 0 Å². The Bertz CT molecular complexity index is 478. The number of fused-ring (bicyclic) bond motifs is 3. The Balaban J connectivity index is 2.39. The standard InChI is InChI=1S/C11H9NS/c1-7-9-5-4-8-3-2-6-12-10(8)11(9)13-7/h2-7H,1H3. The van der Waals surface area contributed by atoms with Crippen LogP contribution in [0.2, 0.25) is 0 Å². The molecule has 1 aliphatic rings. The highest BCUT2D eigenvalue weighted by atomic mass is 32.2. The van der Waals surface area contributed by atoms with E-state index in [9.17, 15) is 0 Å². The molecule has 0 bridgehead atoms. The van der Waals surface area contributed by atoms with Crippen LogP contribution < -0.4 is 0 Å². The summed E-state index contributed by atoms with van der Waals surface area (Å²) >= 11 is 1.92. The average molecular weight is 187 g/mol. The third kappa shape index (κ3) is 0.923. The Morgan fingerprint density at radius 3 is 3.08 bits per heavy atom. The van der Waals surface area contributed by atoms with Crippen molar-refractivity contribution in [1.29, 1.82) is 0 Å². The van der Waals surface area contributed by atoms with Crippen LogP contribution in [-0.2, 0) is 0 Å². The summed E-state index contributed by atoms with van der Waals surface area (Å²) in [4.78, 5) is 5.79. The summed E-state index contributed by atoms with van der Waals surface area (Å²) in [5.74, 6) is 0. The van der Waals surface area contributed by atoms with Gasteiger partial charge in [-0.15, -0.1) is 11.8 Å². The van der Waals surface area contributed by atoms with Crippen LogP contribution in [0.4, 0.5) is 0 Å². The maximum absolute atomic E-state index is 4.41. The highest BCUT2D eigenvalue weighted by Gasteiger charge is 2.25. The van der Waals surface area contributed by atoms with Gasteiger partial charge in [0.1, 0.15) is 0 Å². The van der Waals surface area contributed by atoms with E-state index in [0.29, 0.717) is 5.25 Å². The molecule has 0 amide bonds. The molecule has 1 aromatic heterocycles. The molecule has 1 unspecified atom stereocenters. The molecule has 0 radical (unpaired) electrons. The first kappa shape index (κ1) is 7.39. The minimum absolute atomic E-state index is 0.654. The van der Waals surface area contributed by atoms with Gasteiger partial charge in [-0.3, -0.25) is 4.98 Å². The molecule has 0 spiro atoms. The third-order valence-electron chi connectivity index (χ3n) is 2.49. The first-order valence-electron chi connectivity index (χ1n) is 4.40. The number of benzene rings is 1. The lowest BCUT2D eigenvalue weighted by Gasteiger charge is -2.26. The van der Waals surface area contributed by atoms with E-state index in [2.05, 4.69) is 30.1 Å². The number of aromatic nitrogens is 1. The maximum Gasteiger partial charge on any atom is 0.0841 e. The van der Waals surface area contributed by atoms with Gasteiger partial charge in [0.15, 0.2) is 0 Å². The van der Waals surface area contributed by atoms with Crippen molar-refractivity contribution in [2.45, 2.75) is 17.1 Å². The van der Waals surface area contributed by atoms with Crippen molar-refractivity contribution in [3.05, 3.63) is 36.0 Å². The molecule has 0 saturated heterocycles. The van der Waals surface area contributed by atoms with E-state index in [4.69, 9.17) is 0 Å². The number of rotatable bonds is 0. The van der Waals surface area contributed by atoms with E-state index >= 15 is 0 Å². The predicted molar refractivity (Wildman–Crippen MR) is 56.0 cm³/mol. The van der Waals surface area contributed by atoms with Gasteiger partial charge in [0, 0.05) is 21.7 Å². The molecule has 1 aromatic carbocycles. The normalized spacial score (nSPS) is 19.6. The van der Waals surface area contributed by atoms with Crippen molar-refractivity contribution in [2.24, 2.45) is 0 Å². The average Bonchev–Trinajstić information content (AvgIpc) is 2.16. The van der Waals surface area contributed by atoms with Crippen molar-refractivity contribution in [3.63, 3.8) is 0 Å². The van der Waals surface area contributed by atoms with E-state index in [1.807, 2.05) is 24.0 Å². The van der Waals surface area contributed by atoms with Gasteiger partial charge in [-0.2, -0.15) is 0 Å². The van der Waals surface area contributed by atoms with Crippen LogP contribution in [0.3, 0.4) is 0 Å². The molecule has 1 nitrogen and oxygen atoms in total.